The second-order valence-electron chi connectivity index (χ2n) is 10.2. The van der Waals surface area contributed by atoms with Crippen molar-refractivity contribution >= 4 is 0 Å². The first-order valence-corrected chi connectivity index (χ1v) is 12.5. The largest absolute Gasteiger partial charge is 0.416 e. The van der Waals surface area contributed by atoms with Gasteiger partial charge in [0.05, 0.1) is 33.9 Å². The number of nitrogens with zero attached hydrogens (tertiary/aromatic N) is 3. The number of rotatable bonds is 11. The Hall–Kier alpha value is -2.54. The number of ether oxygens (including phenoxy) is 1. The van der Waals surface area contributed by atoms with Gasteiger partial charge in [-0.3, -0.25) is 0 Å². The molecule has 0 aliphatic heterocycles. The van der Waals surface area contributed by atoms with Crippen LogP contribution in [0.5, 0.6) is 0 Å². The first kappa shape index (κ1) is 24.6. The molecule has 1 aliphatic rings. The van der Waals surface area contributed by atoms with E-state index in [9.17, 15) is 5.11 Å². The molecule has 1 atom stereocenters. The molecule has 4 rings (SSSR count). The van der Waals surface area contributed by atoms with E-state index in [-0.39, 0.29) is 5.92 Å². The fourth-order valence-electron chi connectivity index (χ4n) is 5.02. The summed E-state index contributed by atoms with van der Waals surface area (Å²) in [5, 5.41) is 20.7. The van der Waals surface area contributed by atoms with Crippen molar-refractivity contribution in [1.29, 1.82) is 0 Å². The number of quaternary nitrogens is 1. The molecule has 0 spiro atoms. The SMILES string of the molecule is C[N+](C)(CCCOCc1ccccc1)Cc1nnc(C(O)(c2ccccc2)C2CCCCC2)o1. The molecule has 1 N–H and O–H groups in total. The van der Waals surface area contributed by atoms with Crippen molar-refractivity contribution in [3.63, 3.8) is 0 Å². The molecule has 182 valence electrons. The summed E-state index contributed by atoms with van der Waals surface area (Å²) in [5.41, 5.74) is 0.787. The van der Waals surface area contributed by atoms with Crippen molar-refractivity contribution in [2.45, 2.75) is 57.3 Å². The van der Waals surface area contributed by atoms with Crippen molar-refractivity contribution in [3.8, 4) is 0 Å². The third-order valence-electron chi connectivity index (χ3n) is 6.93. The minimum absolute atomic E-state index is 0.0845. The van der Waals surface area contributed by atoms with E-state index in [0.29, 0.717) is 36.0 Å². The molecule has 1 saturated carbocycles. The van der Waals surface area contributed by atoms with E-state index < -0.39 is 5.60 Å². The van der Waals surface area contributed by atoms with Gasteiger partial charge in [-0.15, -0.1) is 10.2 Å². The first-order chi connectivity index (χ1) is 16.5. The smallest absolute Gasteiger partial charge is 0.271 e. The van der Waals surface area contributed by atoms with Crippen LogP contribution in [-0.4, -0.2) is 47.0 Å². The second-order valence-corrected chi connectivity index (χ2v) is 10.2. The van der Waals surface area contributed by atoms with E-state index in [1.54, 1.807) is 0 Å². The van der Waals surface area contributed by atoms with Crippen LogP contribution < -0.4 is 0 Å². The van der Waals surface area contributed by atoms with Gasteiger partial charge >= 0.3 is 0 Å². The lowest BCUT2D eigenvalue weighted by Gasteiger charge is -2.36. The van der Waals surface area contributed by atoms with E-state index in [1.807, 2.05) is 48.5 Å². The maximum absolute atomic E-state index is 12.0. The second kappa shape index (κ2) is 11.3. The summed E-state index contributed by atoms with van der Waals surface area (Å²) in [5.74, 6) is 0.975. The Kier molecular flexibility index (Phi) is 8.14. The molecule has 3 aromatic rings. The lowest BCUT2D eigenvalue weighted by molar-refractivity contribution is -0.905. The van der Waals surface area contributed by atoms with Gasteiger partial charge in [0.2, 0.25) is 0 Å². The van der Waals surface area contributed by atoms with Gasteiger partial charge < -0.3 is 18.7 Å². The summed E-state index contributed by atoms with van der Waals surface area (Å²) < 4.78 is 12.7. The van der Waals surface area contributed by atoms with Gasteiger partial charge in [0.15, 0.2) is 12.1 Å². The maximum atomic E-state index is 12.0. The Morgan fingerprint density at radius 2 is 1.65 bits per heavy atom. The maximum Gasteiger partial charge on any atom is 0.271 e. The lowest BCUT2D eigenvalue weighted by Crippen LogP contribution is -2.40. The highest BCUT2D eigenvalue weighted by Gasteiger charge is 2.45. The fraction of sp³-hybridized carbons (Fsp3) is 0.500. The molecule has 6 heteroatoms. The summed E-state index contributed by atoms with van der Waals surface area (Å²) in [6.07, 6.45) is 6.34. The van der Waals surface area contributed by atoms with E-state index in [1.165, 1.54) is 12.0 Å². The quantitative estimate of drug-likeness (QED) is 0.317. The van der Waals surface area contributed by atoms with Gasteiger partial charge in [0.1, 0.15) is 0 Å². The van der Waals surface area contributed by atoms with Crippen LogP contribution in [0, 0.1) is 5.92 Å². The first-order valence-electron chi connectivity index (χ1n) is 12.5. The van der Waals surface area contributed by atoms with Gasteiger partial charge in [-0.2, -0.15) is 0 Å². The molecule has 34 heavy (non-hydrogen) atoms. The van der Waals surface area contributed by atoms with Gasteiger partial charge in [-0.1, -0.05) is 79.9 Å². The van der Waals surface area contributed by atoms with Crippen molar-refractivity contribution in [2.24, 2.45) is 5.92 Å². The highest BCUT2D eigenvalue weighted by molar-refractivity contribution is 5.29. The number of hydrogen-bond acceptors (Lipinski definition) is 5. The zero-order valence-corrected chi connectivity index (χ0v) is 20.5. The lowest BCUT2D eigenvalue weighted by atomic mass is 9.73. The zero-order chi connectivity index (χ0) is 23.9. The Bertz CT molecular complexity index is 1000. The molecule has 1 fully saturated rings. The minimum Gasteiger partial charge on any atom is -0.416 e. The number of benzene rings is 2. The Morgan fingerprint density at radius 1 is 0.971 bits per heavy atom. The van der Waals surface area contributed by atoms with Crippen LogP contribution >= 0.6 is 0 Å². The van der Waals surface area contributed by atoms with Crippen molar-refractivity contribution < 1.29 is 18.7 Å². The molecular weight excluding hydrogens is 426 g/mol. The molecular formula is C28H38N3O3+. The van der Waals surface area contributed by atoms with Crippen molar-refractivity contribution in [2.75, 3.05) is 27.2 Å². The van der Waals surface area contributed by atoms with Crippen LogP contribution in [0.3, 0.4) is 0 Å². The van der Waals surface area contributed by atoms with E-state index in [4.69, 9.17) is 9.15 Å². The predicted molar refractivity (Wildman–Crippen MR) is 132 cm³/mol. The molecule has 1 aliphatic carbocycles. The molecule has 2 aromatic carbocycles. The van der Waals surface area contributed by atoms with Crippen LogP contribution in [0.4, 0.5) is 0 Å². The summed E-state index contributed by atoms with van der Waals surface area (Å²) >= 11 is 0. The number of aromatic nitrogens is 2. The third kappa shape index (κ3) is 6.12. The molecule has 1 heterocycles. The van der Waals surface area contributed by atoms with Crippen LogP contribution in [0.15, 0.2) is 65.1 Å². The number of aliphatic hydroxyl groups is 1. The average molecular weight is 465 g/mol. The Balaban J connectivity index is 1.37. The summed E-state index contributed by atoms with van der Waals surface area (Å²) in [4.78, 5) is 0. The van der Waals surface area contributed by atoms with Crippen LogP contribution in [0.2, 0.25) is 0 Å². The van der Waals surface area contributed by atoms with Crippen LogP contribution in [0.1, 0.15) is 61.4 Å². The minimum atomic E-state index is -1.24. The Morgan fingerprint density at radius 3 is 2.35 bits per heavy atom. The van der Waals surface area contributed by atoms with E-state index in [0.717, 1.165) is 44.2 Å². The zero-order valence-electron chi connectivity index (χ0n) is 20.5. The van der Waals surface area contributed by atoms with Gasteiger partial charge in [0.25, 0.3) is 11.8 Å². The predicted octanol–water partition coefficient (Wildman–Crippen LogP) is 5.07. The molecule has 6 nitrogen and oxygen atoms in total. The summed E-state index contributed by atoms with van der Waals surface area (Å²) in [6, 6.07) is 20.1. The van der Waals surface area contributed by atoms with E-state index >= 15 is 0 Å². The normalized spacial score (nSPS) is 16.9. The van der Waals surface area contributed by atoms with Crippen LogP contribution in [-0.2, 0) is 23.5 Å². The summed E-state index contributed by atoms with van der Waals surface area (Å²) in [6.45, 7) is 2.89. The average Bonchev–Trinajstić information content (AvgIpc) is 3.33. The van der Waals surface area contributed by atoms with Gasteiger partial charge in [0, 0.05) is 12.3 Å². The summed E-state index contributed by atoms with van der Waals surface area (Å²) in [7, 11) is 4.32. The standard InChI is InChI=1S/C28H38N3O3/c1-31(2,19-12-20-33-22-23-13-6-3-7-14-23)21-26-29-30-27(34-26)28(32,24-15-8-4-9-16-24)25-17-10-5-11-18-25/h3-4,6-9,13-16,25,32H,5,10-12,17-22H2,1-2H3/q+1. The monoisotopic (exact) mass is 464 g/mol. The van der Waals surface area contributed by atoms with Crippen LogP contribution in [0.25, 0.3) is 0 Å². The van der Waals surface area contributed by atoms with Gasteiger partial charge in [-0.05, 0) is 24.0 Å². The molecule has 0 amide bonds. The molecule has 1 aromatic heterocycles. The van der Waals surface area contributed by atoms with Crippen molar-refractivity contribution in [3.05, 3.63) is 83.6 Å². The third-order valence-corrected chi connectivity index (χ3v) is 6.93. The topological polar surface area (TPSA) is 68.4 Å². The molecule has 0 bridgehead atoms. The van der Waals surface area contributed by atoms with Gasteiger partial charge in [-0.25, -0.2) is 0 Å². The molecule has 1 unspecified atom stereocenters. The number of hydrogen-bond donors (Lipinski definition) is 1. The van der Waals surface area contributed by atoms with Crippen molar-refractivity contribution in [1.82, 2.24) is 10.2 Å². The highest BCUT2D eigenvalue weighted by Crippen LogP contribution is 2.43. The fourth-order valence-corrected chi connectivity index (χ4v) is 5.02. The van der Waals surface area contributed by atoms with E-state index in [2.05, 4.69) is 36.4 Å². The Labute approximate surface area is 203 Å². The molecule has 0 saturated heterocycles. The molecule has 0 radical (unpaired) electrons. The highest BCUT2D eigenvalue weighted by atomic mass is 16.5.